The molecule has 1 aromatic heterocycles. The molecule has 1 heterocycles. The molecule has 0 unspecified atom stereocenters. The van der Waals surface area contributed by atoms with Crippen molar-refractivity contribution in [3.8, 4) is 5.88 Å². The first-order valence-electron chi connectivity index (χ1n) is 5.17. The number of aromatic nitrogens is 2. The van der Waals surface area contributed by atoms with Gasteiger partial charge in [0.1, 0.15) is 6.61 Å². The molecule has 0 saturated heterocycles. The van der Waals surface area contributed by atoms with Crippen molar-refractivity contribution in [1.29, 1.82) is 0 Å². The summed E-state index contributed by atoms with van der Waals surface area (Å²) in [6, 6.07) is 0. The quantitative estimate of drug-likeness (QED) is 0.820. The van der Waals surface area contributed by atoms with E-state index in [-0.39, 0.29) is 17.5 Å². The lowest BCUT2D eigenvalue weighted by Crippen LogP contribution is -2.44. The fraction of sp³-hybridized carbons (Fsp3) is 0.600. The second-order valence-corrected chi connectivity index (χ2v) is 4.09. The van der Waals surface area contributed by atoms with Crippen LogP contribution in [-0.4, -0.2) is 22.1 Å². The van der Waals surface area contributed by atoms with Crippen molar-refractivity contribution >= 4 is 11.6 Å². The molecule has 0 aliphatic heterocycles. The summed E-state index contributed by atoms with van der Waals surface area (Å²) in [5.41, 5.74) is 5.23. The van der Waals surface area contributed by atoms with Crippen LogP contribution < -0.4 is 16.0 Å². The van der Waals surface area contributed by atoms with Gasteiger partial charge in [0.05, 0.1) is 6.33 Å². The molecule has 5 nitrogen and oxygen atoms in total. The van der Waals surface area contributed by atoms with Crippen molar-refractivity contribution in [2.45, 2.75) is 32.2 Å². The van der Waals surface area contributed by atoms with Crippen LogP contribution in [0.25, 0.3) is 0 Å². The maximum absolute atomic E-state index is 11.2. The molecule has 0 aliphatic rings. The fourth-order valence-corrected chi connectivity index (χ4v) is 1.29. The van der Waals surface area contributed by atoms with Crippen molar-refractivity contribution in [1.82, 2.24) is 9.97 Å². The van der Waals surface area contributed by atoms with E-state index in [0.29, 0.717) is 0 Å². The standard InChI is InChI=1S/C10H16ClN3O2/c1-3-10(12,4-2)5-16-9-7(11)8(15)13-6-14-9/h6H,3-5,12H2,1-2H3,(H,13,14,15). The third-order valence-corrected chi connectivity index (χ3v) is 3.00. The van der Waals surface area contributed by atoms with Gasteiger partial charge in [-0.25, -0.2) is 4.98 Å². The van der Waals surface area contributed by atoms with E-state index >= 15 is 0 Å². The summed E-state index contributed by atoms with van der Waals surface area (Å²) in [4.78, 5) is 17.4. The van der Waals surface area contributed by atoms with Crippen LogP contribution in [0.5, 0.6) is 5.88 Å². The number of aromatic amines is 1. The second-order valence-electron chi connectivity index (χ2n) is 3.71. The van der Waals surface area contributed by atoms with Gasteiger partial charge in [0.25, 0.3) is 5.56 Å². The summed E-state index contributed by atoms with van der Waals surface area (Å²) < 4.78 is 5.38. The Morgan fingerprint density at radius 1 is 1.56 bits per heavy atom. The molecular weight excluding hydrogens is 230 g/mol. The third-order valence-electron chi connectivity index (χ3n) is 2.67. The molecule has 16 heavy (non-hydrogen) atoms. The molecule has 0 bridgehead atoms. The van der Waals surface area contributed by atoms with Gasteiger partial charge in [0, 0.05) is 5.54 Å². The highest BCUT2D eigenvalue weighted by atomic mass is 35.5. The normalized spacial score (nSPS) is 11.5. The minimum Gasteiger partial charge on any atom is -0.474 e. The zero-order valence-electron chi connectivity index (χ0n) is 9.42. The SMILES string of the molecule is CCC(N)(CC)COc1nc[nH]c(=O)c1Cl. The first-order valence-corrected chi connectivity index (χ1v) is 5.55. The van der Waals surface area contributed by atoms with E-state index in [4.69, 9.17) is 22.1 Å². The monoisotopic (exact) mass is 245 g/mol. The van der Waals surface area contributed by atoms with Gasteiger partial charge in [-0.15, -0.1) is 0 Å². The zero-order valence-corrected chi connectivity index (χ0v) is 10.2. The molecule has 0 radical (unpaired) electrons. The molecule has 1 rings (SSSR count). The largest absolute Gasteiger partial charge is 0.474 e. The number of ether oxygens (including phenoxy) is 1. The predicted octanol–water partition coefficient (Wildman–Crippen LogP) is 1.32. The Balaban J connectivity index is 2.75. The minimum absolute atomic E-state index is 0.0444. The summed E-state index contributed by atoms with van der Waals surface area (Å²) in [7, 11) is 0. The molecule has 0 spiro atoms. The third kappa shape index (κ3) is 2.96. The van der Waals surface area contributed by atoms with Crippen LogP contribution in [0.4, 0.5) is 0 Å². The van der Waals surface area contributed by atoms with Crippen LogP contribution in [0.3, 0.4) is 0 Å². The number of nitrogens with two attached hydrogens (primary N) is 1. The molecule has 0 saturated carbocycles. The van der Waals surface area contributed by atoms with E-state index in [1.54, 1.807) is 0 Å². The predicted molar refractivity (Wildman–Crippen MR) is 62.9 cm³/mol. The lowest BCUT2D eigenvalue weighted by atomic mass is 9.96. The maximum atomic E-state index is 11.2. The Labute approximate surface area is 99.0 Å². The lowest BCUT2D eigenvalue weighted by molar-refractivity contribution is 0.200. The number of nitrogens with zero attached hydrogens (tertiary/aromatic N) is 1. The smallest absolute Gasteiger partial charge is 0.273 e. The molecule has 0 fully saturated rings. The summed E-state index contributed by atoms with van der Waals surface area (Å²) in [6.07, 6.45) is 2.81. The van der Waals surface area contributed by atoms with Gasteiger partial charge in [0.2, 0.25) is 5.88 Å². The van der Waals surface area contributed by atoms with Crippen LogP contribution in [0.1, 0.15) is 26.7 Å². The summed E-state index contributed by atoms with van der Waals surface area (Å²) >= 11 is 5.74. The Morgan fingerprint density at radius 2 is 2.19 bits per heavy atom. The van der Waals surface area contributed by atoms with Gasteiger partial charge < -0.3 is 15.5 Å². The van der Waals surface area contributed by atoms with E-state index in [1.807, 2.05) is 13.8 Å². The highest BCUT2D eigenvalue weighted by Gasteiger charge is 2.22. The average Bonchev–Trinajstić information content (AvgIpc) is 2.31. The van der Waals surface area contributed by atoms with Crippen molar-refractivity contribution in [3.63, 3.8) is 0 Å². The van der Waals surface area contributed by atoms with Crippen molar-refractivity contribution < 1.29 is 4.74 Å². The van der Waals surface area contributed by atoms with Crippen LogP contribution in [0.2, 0.25) is 5.02 Å². The topological polar surface area (TPSA) is 81.0 Å². The van der Waals surface area contributed by atoms with Gasteiger partial charge in [-0.3, -0.25) is 4.79 Å². The van der Waals surface area contributed by atoms with Crippen LogP contribution in [0.15, 0.2) is 11.1 Å². The van der Waals surface area contributed by atoms with Gasteiger partial charge in [0.15, 0.2) is 5.02 Å². The van der Waals surface area contributed by atoms with E-state index in [0.717, 1.165) is 12.8 Å². The number of hydrogen-bond acceptors (Lipinski definition) is 4. The van der Waals surface area contributed by atoms with Crippen molar-refractivity contribution in [2.75, 3.05) is 6.61 Å². The average molecular weight is 246 g/mol. The Morgan fingerprint density at radius 3 is 2.75 bits per heavy atom. The van der Waals surface area contributed by atoms with Gasteiger partial charge in [-0.05, 0) is 12.8 Å². The highest BCUT2D eigenvalue weighted by molar-refractivity contribution is 6.31. The van der Waals surface area contributed by atoms with Gasteiger partial charge >= 0.3 is 0 Å². The van der Waals surface area contributed by atoms with Crippen LogP contribution in [-0.2, 0) is 0 Å². The van der Waals surface area contributed by atoms with Crippen LogP contribution in [0, 0.1) is 0 Å². The van der Waals surface area contributed by atoms with Crippen molar-refractivity contribution in [3.05, 3.63) is 21.7 Å². The second kappa shape index (κ2) is 5.32. The molecule has 0 amide bonds. The van der Waals surface area contributed by atoms with Gasteiger partial charge in [-0.2, -0.15) is 0 Å². The van der Waals surface area contributed by atoms with E-state index in [1.165, 1.54) is 6.33 Å². The lowest BCUT2D eigenvalue weighted by Gasteiger charge is -2.26. The number of rotatable bonds is 5. The van der Waals surface area contributed by atoms with E-state index < -0.39 is 11.1 Å². The van der Waals surface area contributed by atoms with Gasteiger partial charge in [-0.1, -0.05) is 25.4 Å². The molecule has 90 valence electrons. The van der Waals surface area contributed by atoms with E-state index in [9.17, 15) is 4.79 Å². The molecule has 0 atom stereocenters. The maximum Gasteiger partial charge on any atom is 0.273 e. The molecular formula is C10H16ClN3O2. The first-order chi connectivity index (χ1) is 7.52. The Bertz CT molecular complexity index is 401. The van der Waals surface area contributed by atoms with Crippen molar-refractivity contribution in [2.24, 2.45) is 5.73 Å². The number of nitrogens with one attached hydrogen (secondary N) is 1. The highest BCUT2D eigenvalue weighted by Crippen LogP contribution is 2.18. The van der Waals surface area contributed by atoms with E-state index in [2.05, 4.69) is 9.97 Å². The fourth-order valence-electron chi connectivity index (χ4n) is 1.13. The Hall–Kier alpha value is -1.07. The van der Waals surface area contributed by atoms with Crippen LogP contribution >= 0.6 is 11.6 Å². The molecule has 0 aromatic carbocycles. The minimum atomic E-state index is -0.415. The molecule has 1 aromatic rings. The molecule has 0 aliphatic carbocycles. The summed E-state index contributed by atoms with van der Waals surface area (Å²) in [5.74, 6) is 0.127. The molecule has 6 heteroatoms. The Kier molecular flexibility index (Phi) is 4.32. The number of hydrogen-bond donors (Lipinski definition) is 2. The first kappa shape index (κ1) is 13.0. The summed E-state index contributed by atoms with van der Waals surface area (Å²) in [6.45, 7) is 4.26. The zero-order chi connectivity index (χ0) is 12.2. The number of H-pyrrole nitrogens is 1. The molecule has 3 N–H and O–H groups in total. The number of halogens is 1. The summed E-state index contributed by atoms with van der Waals surface area (Å²) in [5, 5.41) is -0.0444.